The van der Waals surface area contributed by atoms with Crippen LogP contribution in [0.3, 0.4) is 0 Å². The van der Waals surface area contributed by atoms with E-state index in [1.165, 1.54) is 5.56 Å². The maximum Gasteiger partial charge on any atom is 0.226 e. The fraction of sp³-hybridized carbons (Fsp3) is 0.586. The average molecular weight is 492 g/mol. The fourth-order valence-corrected chi connectivity index (χ4v) is 6.00. The largest absolute Gasteiger partial charge is 0.350 e. The molecule has 1 saturated heterocycles. The summed E-state index contributed by atoms with van der Waals surface area (Å²) < 4.78 is 0. The first-order valence-electron chi connectivity index (χ1n) is 13.1. The minimum Gasteiger partial charge on any atom is -0.350 e. The monoisotopic (exact) mass is 491 g/mol. The normalized spacial score (nSPS) is 24.5. The van der Waals surface area contributed by atoms with Crippen LogP contribution in [-0.2, 0) is 21.7 Å². The predicted octanol–water partition coefficient (Wildman–Crippen LogP) is 4.07. The van der Waals surface area contributed by atoms with E-state index in [0.717, 1.165) is 37.9 Å². The molecular weight excluding hydrogens is 450 g/mol. The summed E-state index contributed by atoms with van der Waals surface area (Å²) in [7, 11) is 4.35. The number of aryl methyl sites for hydroxylation is 1. The topological polar surface area (TPSA) is 78.4 Å². The highest BCUT2D eigenvalue weighted by molar-refractivity contribution is 5.82. The van der Waals surface area contributed by atoms with Crippen molar-refractivity contribution in [2.45, 2.75) is 71.4 Å². The van der Waals surface area contributed by atoms with E-state index in [4.69, 9.17) is 0 Å². The zero-order valence-corrected chi connectivity index (χ0v) is 22.5. The summed E-state index contributed by atoms with van der Waals surface area (Å²) in [4.78, 5) is 38.8. The number of benzene rings is 1. The van der Waals surface area contributed by atoms with Crippen LogP contribution in [0.25, 0.3) is 0 Å². The number of hydrogen-bond acceptors (Lipinski definition) is 5. The van der Waals surface area contributed by atoms with Crippen molar-refractivity contribution >= 4 is 11.8 Å². The van der Waals surface area contributed by atoms with Gasteiger partial charge in [0.15, 0.2) is 0 Å². The number of amides is 2. The third kappa shape index (κ3) is 5.46. The van der Waals surface area contributed by atoms with Gasteiger partial charge in [0.1, 0.15) is 5.82 Å². The Hall–Kier alpha value is -2.80. The lowest BCUT2D eigenvalue weighted by molar-refractivity contribution is -0.132. The molecule has 1 spiro atoms. The molecule has 36 heavy (non-hydrogen) atoms. The molecule has 2 aromatic rings. The van der Waals surface area contributed by atoms with Crippen LogP contribution in [-0.4, -0.2) is 58.8 Å². The van der Waals surface area contributed by atoms with Gasteiger partial charge in [-0.2, -0.15) is 0 Å². The Morgan fingerprint density at radius 3 is 2.44 bits per heavy atom. The Kier molecular flexibility index (Phi) is 7.51. The molecule has 0 unspecified atom stereocenters. The van der Waals surface area contributed by atoms with Crippen molar-refractivity contribution in [2.75, 3.05) is 27.2 Å². The molecule has 2 heterocycles. The molecule has 1 aromatic heterocycles. The molecule has 0 radical (unpaired) electrons. The summed E-state index contributed by atoms with van der Waals surface area (Å²) >= 11 is 0. The number of likely N-dealkylation sites (tertiary alicyclic amines) is 1. The maximum atomic E-state index is 13.0. The van der Waals surface area contributed by atoms with Gasteiger partial charge >= 0.3 is 0 Å². The Bertz CT molecular complexity index is 1070. The van der Waals surface area contributed by atoms with Gasteiger partial charge < -0.3 is 10.2 Å². The summed E-state index contributed by atoms with van der Waals surface area (Å²) in [6.45, 7) is 7.55. The van der Waals surface area contributed by atoms with Gasteiger partial charge in [0, 0.05) is 36.7 Å². The summed E-state index contributed by atoms with van der Waals surface area (Å²) in [5, 5.41) is 3.01. The van der Waals surface area contributed by atoms with Gasteiger partial charge in [-0.1, -0.05) is 44.2 Å². The lowest BCUT2D eigenvalue weighted by atomic mass is 9.64. The Morgan fingerprint density at radius 1 is 1.11 bits per heavy atom. The minimum absolute atomic E-state index is 0.0172. The first-order valence-corrected chi connectivity index (χ1v) is 13.1. The van der Waals surface area contributed by atoms with E-state index in [0.29, 0.717) is 31.8 Å². The standard InChI is InChI=1S/C29H41N5O2/c1-22-30-17-11-24(32-22)20-31-26(36)27(2,3)16-18-34-21-28(19-25(34)35)12-14-29(15-13-28,33(4)5)23-9-7-6-8-10-23/h6-11,17H,12-16,18-21H2,1-5H3,(H,31,36)/t28-,29-. The van der Waals surface area contributed by atoms with Gasteiger partial charge in [0.2, 0.25) is 11.8 Å². The van der Waals surface area contributed by atoms with Gasteiger partial charge in [-0.3, -0.25) is 14.5 Å². The summed E-state index contributed by atoms with van der Waals surface area (Å²) in [5.74, 6) is 0.910. The highest BCUT2D eigenvalue weighted by Crippen LogP contribution is 2.52. The summed E-state index contributed by atoms with van der Waals surface area (Å²) in [5.41, 5.74) is 1.69. The SMILES string of the molecule is Cc1nccc(CNC(=O)C(C)(C)CCN2C[C@]3(CC[C@](c4ccccc4)(N(C)C)CC3)CC2=O)n1. The molecule has 2 fully saturated rings. The first kappa shape index (κ1) is 26.3. The van der Waals surface area contributed by atoms with Gasteiger partial charge in [-0.25, -0.2) is 9.97 Å². The second kappa shape index (κ2) is 10.3. The van der Waals surface area contributed by atoms with Crippen LogP contribution in [0.1, 0.15) is 69.5 Å². The lowest BCUT2D eigenvalue weighted by Crippen LogP contribution is -2.47. The molecule has 0 atom stereocenters. The van der Waals surface area contributed by atoms with E-state index in [1.807, 2.05) is 31.7 Å². The summed E-state index contributed by atoms with van der Waals surface area (Å²) in [6.07, 6.45) is 7.18. The third-order valence-electron chi connectivity index (χ3n) is 8.60. The molecule has 7 nitrogen and oxygen atoms in total. The number of carbonyl (C=O) groups is 2. The molecule has 1 aliphatic heterocycles. The van der Waals surface area contributed by atoms with Crippen molar-refractivity contribution in [3.8, 4) is 0 Å². The van der Waals surface area contributed by atoms with E-state index in [1.54, 1.807) is 6.20 Å². The smallest absolute Gasteiger partial charge is 0.226 e. The first-order chi connectivity index (χ1) is 17.1. The zero-order valence-electron chi connectivity index (χ0n) is 22.5. The predicted molar refractivity (Wildman–Crippen MR) is 141 cm³/mol. The van der Waals surface area contributed by atoms with Crippen LogP contribution in [0, 0.1) is 17.8 Å². The van der Waals surface area contributed by atoms with E-state index in [9.17, 15) is 9.59 Å². The third-order valence-corrected chi connectivity index (χ3v) is 8.60. The molecule has 2 amide bonds. The molecule has 1 saturated carbocycles. The van der Waals surface area contributed by atoms with Gasteiger partial charge in [0.05, 0.1) is 12.2 Å². The van der Waals surface area contributed by atoms with Crippen LogP contribution in [0.2, 0.25) is 0 Å². The highest BCUT2D eigenvalue weighted by Gasteiger charge is 2.50. The molecule has 7 heteroatoms. The van der Waals surface area contributed by atoms with Crippen molar-refractivity contribution < 1.29 is 9.59 Å². The molecule has 4 rings (SSSR count). The van der Waals surface area contributed by atoms with E-state index < -0.39 is 5.41 Å². The van der Waals surface area contributed by atoms with Crippen molar-refractivity contribution in [1.29, 1.82) is 0 Å². The Morgan fingerprint density at radius 2 is 1.81 bits per heavy atom. The maximum absolute atomic E-state index is 13.0. The van der Waals surface area contributed by atoms with Crippen LogP contribution in [0.15, 0.2) is 42.6 Å². The number of hydrogen-bond donors (Lipinski definition) is 1. The molecular formula is C29H41N5O2. The zero-order chi connectivity index (χ0) is 26.0. The fourth-order valence-electron chi connectivity index (χ4n) is 6.00. The molecule has 1 N–H and O–H groups in total. The van der Waals surface area contributed by atoms with Gasteiger partial charge in [-0.15, -0.1) is 0 Å². The molecule has 194 valence electrons. The number of aromatic nitrogens is 2. The van der Waals surface area contributed by atoms with Gasteiger partial charge in [0.25, 0.3) is 0 Å². The molecule has 0 bridgehead atoms. The number of rotatable bonds is 8. The Labute approximate surface area is 215 Å². The van der Waals surface area contributed by atoms with E-state index in [-0.39, 0.29) is 22.8 Å². The molecule has 1 aliphatic carbocycles. The lowest BCUT2D eigenvalue weighted by Gasteiger charge is -2.49. The second-order valence-electron chi connectivity index (χ2n) is 11.7. The van der Waals surface area contributed by atoms with Crippen LogP contribution >= 0.6 is 0 Å². The molecule has 1 aromatic carbocycles. The van der Waals surface area contributed by atoms with Crippen molar-refractivity contribution in [1.82, 2.24) is 25.1 Å². The van der Waals surface area contributed by atoms with Crippen molar-refractivity contribution in [2.24, 2.45) is 10.8 Å². The van der Waals surface area contributed by atoms with Crippen LogP contribution in [0.5, 0.6) is 0 Å². The number of nitrogens with one attached hydrogen (secondary N) is 1. The second-order valence-corrected chi connectivity index (χ2v) is 11.7. The van der Waals surface area contributed by atoms with Crippen LogP contribution in [0.4, 0.5) is 0 Å². The average Bonchev–Trinajstić information content (AvgIpc) is 3.17. The van der Waals surface area contributed by atoms with E-state index in [2.05, 4.69) is 64.6 Å². The minimum atomic E-state index is -0.571. The number of carbonyl (C=O) groups excluding carboxylic acids is 2. The van der Waals surface area contributed by atoms with E-state index >= 15 is 0 Å². The molecule has 2 aliphatic rings. The quantitative estimate of drug-likeness (QED) is 0.602. The summed E-state index contributed by atoms with van der Waals surface area (Å²) in [6, 6.07) is 12.6. The van der Waals surface area contributed by atoms with Gasteiger partial charge in [-0.05, 0) is 70.2 Å². The Balaban J connectivity index is 1.33. The highest BCUT2D eigenvalue weighted by atomic mass is 16.2. The van der Waals surface area contributed by atoms with Crippen molar-refractivity contribution in [3.05, 3.63) is 59.7 Å². The number of nitrogens with zero attached hydrogens (tertiary/aromatic N) is 4. The van der Waals surface area contributed by atoms with Crippen LogP contribution < -0.4 is 5.32 Å². The van der Waals surface area contributed by atoms with Crippen molar-refractivity contribution in [3.63, 3.8) is 0 Å².